The molecule has 0 aliphatic rings. The van der Waals surface area contributed by atoms with Crippen molar-refractivity contribution in [1.29, 1.82) is 0 Å². The average molecular weight is 339 g/mol. The molecule has 2 rings (SSSR count). The molecule has 1 unspecified atom stereocenters. The molecule has 0 saturated heterocycles. The molecule has 2 heterocycles. The van der Waals surface area contributed by atoms with Gasteiger partial charge in [0.25, 0.3) is 5.91 Å². The van der Waals surface area contributed by atoms with Crippen molar-refractivity contribution < 1.29 is 14.1 Å². The molecule has 0 bridgehead atoms. The van der Waals surface area contributed by atoms with Crippen molar-refractivity contribution in [2.75, 3.05) is 0 Å². The Morgan fingerprint density at radius 1 is 1.57 bits per heavy atom. The largest absolute Gasteiger partial charge is 0.312 e. The Kier molecular flexibility index (Phi) is 4.84. The lowest BCUT2D eigenvalue weighted by Gasteiger charge is -2.11. The number of thiophene rings is 1. The number of hydrogen-bond acceptors (Lipinski definition) is 6. The summed E-state index contributed by atoms with van der Waals surface area (Å²) in [7, 11) is 0. The Hall–Kier alpha value is -2.62. The van der Waals surface area contributed by atoms with Crippen LogP contribution in [0.3, 0.4) is 0 Å². The van der Waals surface area contributed by atoms with Gasteiger partial charge in [-0.05, 0) is 32.9 Å². The first-order chi connectivity index (χ1) is 10.8. The van der Waals surface area contributed by atoms with Crippen LogP contribution in [-0.4, -0.2) is 26.8 Å². The van der Waals surface area contributed by atoms with Gasteiger partial charge in [-0.25, -0.2) is 5.43 Å². The zero-order valence-corrected chi connectivity index (χ0v) is 13.4. The number of nitrogens with one attached hydrogen (secondary N) is 1. The van der Waals surface area contributed by atoms with Gasteiger partial charge in [0.2, 0.25) is 0 Å². The highest BCUT2D eigenvalue weighted by atomic mass is 32.1. The lowest BCUT2D eigenvalue weighted by atomic mass is 10.3. The van der Waals surface area contributed by atoms with Gasteiger partial charge in [0.15, 0.2) is 5.13 Å². The van der Waals surface area contributed by atoms with E-state index in [1.165, 1.54) is 36.9 Å². The molecule has 0 fully saturated rings. The van der Waals surface area contributed by atoms with Crippen molar-refractivity contribution >= 4 is 29.1 Å². The monoisotopic (exact) mass is 339 g/mol. The zero-order chi connectivity index (χ0) is 17.1. The smallest absolute Gasteiger partial charge is 0.271 e. The third kappa shape index (κ3) is 3.59. The second-order valence-electron chi connectivity index (χ2n) is 4.77. The molecule has 2 aromatic rings. The van der Waals surface area contributed by atoms with Crippen molar-refractivity contribution in [3.8, 4) is 0 Å². The molecule has 23 heavy (non-hydrogen) atoms. The first kappa shape index (κ1) is 16.7. The summed E-state index contributed by atoms with van der Waals surface area (Å²) in [6.07, 6.45) is 1.32. The van der Waals surface area contributed by atoms with E-state index in [2.05, 4.69) is 15.6 Å². The molecule has 8 nitrogen and oxygen atoms in total. The van der Waals surface area contributed by atoms with E-state index in [4.69, 9.17) is 0 Å². The second-order valence-corrected chi connectivity index (χ2v) is 5.84. The molecule has 1 N–H and O–H groups in total. The maximum absolute atomic E-state index is 12.8. The van der Waals surface area contributed by atoms with Crippen molar-refractivity contribution in [2.24, 2.45) is 5.10 Å². The SMILES string of the molecule is Cc1nn(C(C)C(=O)NN=Cc2ccc(F)s2)c(C)c1[N+](=O)[O-]. The van der Waals surface area contributed by atoms with Gasteiger partial charge < -0.3 is 0 Å². The van der Waals surface area contributed by atoms with Crippen LogP contribution in [0.5, 0.6) is 0 Å². The summed E-state index contributed by atoms with van der Waals surface area (Å²) in [4.78, 5) is 23.1. The predicted molar refractivity (Wildman–Crippen MR) is 83.1 cm³/mol. The Labute approximate surface area is 134 Å². The lowest BCUT2D eigenvalue weighted by molar-refractivity contribution is -0.386. The number of hydrogen-bond donors (Lipinski definition) is 1. The molecule has 10 heteroatoms. The molecule has 0 aliphatic heterocycles. The lowest BCUT2D eigenvalue weighted by Crippen LogP contribution is -2.28. The van der Waals surface area contributed by atoms with Crippen LogP contribution >= 0.6 is 11.3 Å². The van der Waals surface area contributed by atoms with Crippen molar-refractivity contribution in [3.05, 3.63) is 43.6 Å². The van der Waals surface area contributed by atoms with Crippen LogP contribution in [0.15, 0.2) is 17.2 Å². The number of rotatable bonds is 5. The second kappa shape index (κ2) is 6.65. The molecule has 1 atom stereocenters. The summed E-state index contributed by atoms with van der Waals surface area (Å²) in [5.74, 6) is -0.487. The number of nitro groups is 1. The fourth-order valence-electron chi connectivity index (χ4n) is 2.06. The van der Waals surface area contributed by atoms with E-state index in [-0.39, 0.29) is 16.5 Å². The molecular formula is C13H14FN5O3S. The highest BCUT2D eigenvalue weighted by molar-refractivity contribution is 7.12. The predicted octanol–water partition coefficient (Wildman–Crippen LogP) is 2.32. The van der Waals surface area contributed by atoms with E-state index in [1.807, 2.05) is 0 Å². The van der Waals surface area contributed by atoms with Crippen molar-refractivity contribution in [2.45, 2.75) is 26.8 Å². The number of aromatic nitrogens is 2. The van der Waals surface area contributed by atoms with Gasteiger partial charge in [-0.15, -0.1) is 11.3 Å². The van der Waals surface area contributed by atoms with Crippen LogP contribution in [-0.2, 0) is 4.79 Å². The summed E-state index contributed by atoms with van der Waals surface area (Å²) >= 11 is 0.895. The molecule has 0 aromatic carbocycles. The van der Waals surface area contributed by atoms with Crippen LogP contribution in [0.4, 0.5) is 10.1 Å². The highest BCUT2D eigenvalue weighted by Crippen LogP contribution is 2.24. The topological polar surface area (TPSA) is 102 Å². The van der Waals surface area contributed by atoms with Crippen LogP contribution < -0.4 is 5.43 Å². The van der Waals surface area contributed by atoms with Crippen molar-refractivity contribution in [3.63, 3.8) is 0 Å². The van der Waals surface area contributed by atoms with E-state index in [0.29, 0.717) is 10.6 Å². The Balaban J connectivity index is 2.09. The van der Waals surface area contributed by atoms with Crippen LogP contribution in [0.2, 0.25) is 0 Å². The Morgan fingerprint density at radius 3 is 2.78 bits per heavy atom. The van der Waals surface area contributed by atoms with Crippen LogP contribution in [0.25, 0.3) is 0 Å². The fraction of sp³-hybridized carbons (Fsp3) is 0.308. The maximum Gasteiger partial charge on any atom is 0.312 e. The zero-order valence-electron chi connectivity index (χ0n) is 12.6. The number of amides is 1. The quantitative estimate of drug-likeness (QED) is 0.513. The number of halogens is 1. The van der Waals surface area contributed by atoms with E-state index in [9.17, 15) is 19.3 Å². The van der Waals surface area contributed by atoms with E-state index in [0.717, 1.165) is 11.3 Å². The summed E-state index contributed by atoms with van der Waals surface area (Å²) in [6, 6.07) is 2.05. The fourth-order valence-corrected chi connectivity index (χ4v) is 2.66. The van der Waals surface area contributed by atoms with Gasteiger partial charge in [0, 0.05) is 0 Å². The first-order valence-corrected chi connectivity index (χ1v) is 7.41. The van der Waals surface area contributed by atoms with Gasteiger partial charge in [0.05, 0.1) is 16.0 Å². The minimum absolute atomic E-state index is 0.109. The van der Waals surface area contributed by atoms with Gasteiger partial charge in [-0.2, -0.15) is 14.6 Å². The minimum Gasteiger partial charge on any atom is -0.271 e. The van der Waals surface area contributed by atoms with Crippen molar-refractivity contribution in [1.82, 2.24) is 15.2 Å². The maximum atomic E-state index is 12.8. The molecule has 0 saturated carbocycles. The Morgan fingerprint density at radius 2 is 2.26 bits per heavy atom. The first-order valence-electron chi connectivity index (χ1n) is 6.59. The summed E-state index contributed by atoms with van der Waals surface area (Å²) in [6.45, 7) is 4.59. The summed E-state index contributed by atoms with van der Waals surface area (Å²) in [5.41, 5.74) is 2.73. The third-order valence-corrected chi connectivity index (χ3v) is 3.98. The van der Waals surface area contributed by atoms with Gasteiger partial charge in [-0.3, -0.25) is 19.6 Å². The number of hydrazone groups is 1. The normalized spacial score (nSPS) is 12.5. The molecular weight excluding hydrogens is 325 g/mol. The molecule has 0 radical (unpaired) electrons. The number of carbonyl (C=O) groups is 1. The molecule has 2 aromatic heterocycles. The van der Waals surface area contributed by atoms with E-state index in [1.54, 1.807) is 6.92 Å². The van der Waals surface area contributed by atoms with Gasteiger partial charge >= 0.3 is 5.69 Å². The van der Waals surface area contributed by atoms with Gasteiger partial charge in [-0.1, -0.05) is 0 Å². The number of nitrogens with zero attached hydrogens (tertiary/aromatic N) is 4. The number of aryl methyl sites for hydroxylation is 1. The van der Waals surface area contributed by atoms with Gasteiger partial charge in [0.1, 0.15) is 17.4 Å². The Bertz CT molecular complexity index is 783. The van der Waals surface area contributed by atoms with E-state index >= 15 is 0 Å². The van der Waals surface area contributed by atoms with E-state index < -0.39 is 16.9 Å². The summed E-state index contributed by atoms with van der Waals surface area (Å²) < 4.78 is 14.1. The standard InChI is InChI=1S/C13H14FN5O3S/c1-7-12(19(21)22)8(2)18(17-7)9(3)13(20)16-15-6-10-4-5-11(14)23-10/h4-6,9H,1-3H3,(H,16,20). The molecule has 0 aliphatic carbocycles. The minimum atomic E-state index is -0.778. The average Bonchev–Trinajstić information content (AvgIpc) is 3.01. The molecule has 1 amide bonds. The van der Waals surface area contributed by atoms with Crippen LogP contribution in [0.1, 0.15) is 29.2 Å². The highest BCUT2D eigenvalue weighted by Gasteiger charge is 2.26. The molecule has 0 spiro atoms. The number of carbonyl (C=O) groups excluding carboxylic acids is 1. The van der Waals surface area contributed by atoms with Crippen LogP contribution in [0, 0.1) is 29.1 Å². The summed E-state index contributed by atoms with van der Waals surface area (Å²) in [5, 5.41) is 18.4. The molecule has 122 valence electrons. The third-order valence-electron chi connectivity index (χ3n) is 3.18.